The van der Waals surface area contributed by atoms with E-state index in [0.29, 0.717) is 11.5 Å². The summed E-state index contributed by atoms with van der Waals surface area (Å²) < 4.78 is 19.3. The molecule has 2 rings (SSSR count). The standard InChI is InChI=1S/C12H9BrFNO/c1-8-6-9(2-3-11(8)13)16-10-4-5-15-12(14)7-10/h2-7H,1H3. The van der Waals surface area contributed by atoms with Crippen molar-refractivity contribution in [1.82, 2.24) is 4.98 Å². The van der Waals surface area contributed by atoms with E-state index in [1.54, 1.807) is 6.07 Å². The Hall–Kier alpha value is -1.42. The number of hydrogen-bond donors (Lipinski definition) is 0. The van der Waals surface area contributed by atoms with Gasteiger partial charge in [-0.3, -0.25) is 0 Å². The highest BCUT2D eigenvalue weighted by atomic mass is 79.9. The number of aromatic nitrogens is 1. The molecule has 4 heteroatoms. The molecule has 0 saturated heterocycles. The lowest BCUT2D eigenvalue weighted by Crippen LogP contribution is -1.88. The molecule has 0 aliphatic heterocycles. The van der Waals surface area contributed by atoms with Crippen LogP contribution < -0.4 is 4.74 Å². The zero-order chi connectivity index (χ0) is 11.5. The van der Waals surface area contributed by atoms with Crippen LogP contribution in [0.2, 0.25) is 0 Å². The molecule has 2 aromatic rings. The molecule has 0 atom stereocenters. The van der Waals surface area contributed by atoms with Gasteiger partial charge in [0.15, 0.2) is 0 Å². The topological polar surface area (TPSA) is 22.1 Å². The monoisotopic (exact) mass is 281 g/mol. The molecule has 82 valence electrons. The highest BCUT2D eigenvalue weighted by Crippen LogP contribution is 2.25. The van der Waals surface area contributed by atoms with Gasteiger partial charge in [-0.1, -0.05) is 15.9 Å². The van der Waals surface area contributed by atoms with E-state index in [-0.39, 0.29) is 0 Å². The molecule has 1 heterocycles. The van der Waals surface area contributed by atoms with Crippen LogP contribution >= 0.6 is 15.9 Å². The van der Waals surface area contributed by atoms with Crippen LogP contribution in [-0.2, 0) is 0 Å². The molecule has 16 heavy (non-hydrogen) atoms. The molecule has 0 amide bonds. The molecule has 0 aliphatic carbocycles. The van der Waals surface area contributed by atoms with E-state index in [2.05, 4.69) is 20.9 Å². The number of rotatable bonds is 2. The maximum absolute atomic E-state index is 12.8. The van der Waals surface area contributed by atoms with Crippen molar-refractivity contribution >= 4 is 15.9 Å². The van der Waals surface area contributed by atoms with Gasteiger partial charge in [0.25, 0.3) is 0 Å². The third-order valence-electron chi connectivity index (χ3n) is 2.06. The van der Waals surface area contributed by atoms with Crippen molar-refractivity contribution in [2.24, 2.45) is 0 Å². The minimum Gasteiger partial charge on any atom is -0.457 e. The third-order valence-corrected chi connectivity index (χ3v) is 2.95. The number of nitrogens with zero attached hydrogens (tertiary/aromatic N) is 1. The number of benzene rings is 1. The summed E-state index contributed by atoms with van der Waals surface area (Å²) in [5.74, 6) is 0.562. The predicted octanol–water partition coefficient (Wildman–Crippen LogP) is 4.08. The molecule has 0 N–H and O–H groups in total. The van der Waals surface area contributed by atoms with Crippen LogP contribution in [0.4, 0.5) is 4.39 Å². The Morgan fingerprint density at radius 3 is 2.62 bits per heavy atom. The van der Waals surface area contributed by atoms with E-state index in [9.17, 15) is 4.39 Å². The minimum absolute atomic E-state index is 0.439. The lowest BCUT2D eigenvalue weighted by molar-refractivity contribution is 0.471. The highest BCUT2D eigenvalue weighted by Gasteiger charge is 2.01. The van der Waals surface area contributed by atoms with Crippen molar-refractivity contribution < 1.29 is 9.13 Å². The van der Waals surface area contributed by atoms with Crippen molar-refractivity contribution in [3.63, 3.8) is 0 Å². The smallest absolute Gasteiger partial charge is 0.216 e. The predicted molar refractivity (Wildman–Crippen MR) is 63.1 cm³/mol. The summed E-state index contributed by atoms with van der Waals surface area (Å²) >= 11 is 3.40. The Labute approximate surface area is 101 Å². The van der Waals surface area contributed by atoms with Crippen molar-refractivity contribution in [2.45, 2.75) is 6.92 Å². The van der Waals surface area contributed by atoms with Gasteiger partial charge >= 0.3 is 0 Å². The van der Waals surface area contributed by atoms with Crippen molar-refractivity contribution in [3.05, 3.63) is 52.5 Å². The quantitative estimate of drug-likeness (QED) is 0.774. The summed E-state index contributed by atoms with van der Waals surface area (Å²) in [6, 6.07) is 8.44. The summed E-state index contributed by atoms with van der Waals surface area (Å²) in [5.41, 5.74) is 1.06. The first-order valence-corrected chi connectivity index (χ1v) is 5.50. The van der Waals surface area contributed by atoms with Crippen molar-refractivity contribution in [1.29, 1.82) is 0 Å². The van der Waals surface area contributed by atoms with Crippen LogP contribution in [0, 0.1) is 12.9 Å². The summed E-state index contributed by atoms with van der Waals surface area (Å²) in [7, 11) is 0. The molecular formula is C12H9BrFNO. The van der Waals surface area contributed by atoms with E-state index in [0.717, 1.165) is 10.0 Å². The molecule has 0 bridgehead atoms. The van der Waals surface area contributed by atoms with Crippen LogP contribution in [0.25, 0.3) is 0 Å². The van der Waals surface area contributed by atoms with Gasteiger partial charge in [-0.25, -0.2) is 4.98 Å². The second-order valence-electron chi connectivity index (χ2n) is 3.33. The number of ether oxygens (including phenoxy) is 1. The zero-order valence-corrected chi connectivity index (χ0v) is 10.2. The van der Waals surface area contributed by atoms with E-state index < -0.39 is 5.95 Å². The molecule has 0 aliphatic rings. The molecule has 0 radical (unpaired) electrons. The van der Waals surface area contributed by atoms with Crippen LogP contribution in [0.3, 0.4) is 0 Å². The summed E-state index contributed by atoms with van der Waals surface area (Å²) in [6.07, 6.45) is 1.37. The summed E-state index contributed by atoms with van der Waals surface area (Å²) in [6.45, 7) is 1.96. The third kappa shape index (κ3) is 2.58. The summed E-state index contributed by atoms with van der Waals surface area (Å²) in [4.78, 5) is 3.46. The first-order valence-electron chi connectivity index (χ1n) is 4.71. The van der Waals surface area contributed by atoms with Crippen molar-refractivity contribution in [2.75, 3.05) is 0 Å². The molecule has 1 aromatic carbocycles. The number of pyridine rings is 1. The van der Waals surface area contributed by atoms with Crippen molar-refractivity contribution in [3.8, 4) is 11.5 Å². The van der Waals surface area contributed by atoms with E-state index >= 15 is 0 Å². The van der Waals surface area contributed by atoms with E-state index in [1.807, 2.05) is 25.1 Å². The van der Waals surface area contributed by atoms with E-state index in [4.69, 9.17) is 4.74 Å². The molecule has 1 aromatic heterocycles. The lowest BCUT2D eigenvalue weighted by atomic mass is 10.2. The molecule has 0 fully saturated rings. The van der Waals surface area contributed by atoms with Gasteiger partial charge in [0.2, 0.25) is 5.95 Å². The van der Waals surface area contributed by atoms with Gasteiger partial charge in [0.05, 0.1) is 0 Å². The average Bonchev–Trinajstić information content (AvgIpc) is 2.24. The van der Waals surface area contributed by atoms with Crippen LogP contribution in [0.1, 0.15) is 5.56 Å². The largest absolute Gasteiger partial charge is 0.457 e. The Kier molecular flexibility index (Phi) is 3.19. The van der Waals surface area contributed by atoms with Gasteiger partial charge in [-0.2, -0.15) is 4.39 Å². The van der Waals surface area contributed by atoms with Gasteiger partial charge in [-0.15, -0.1) is 0 Å². The number of hydrogen-bond acceptors (Lipinski definition) is 2. The fourth-order valence-electron chi connectivity index (χ4n) is 1.26. The fraction of sp³-hybridized carbons (Fsp3) is 0.0833. The molecular weight excluding hydrogens is 273 g/mol. The normalized spacial score (nSPS) is 10.2. The SMILES string of the molecule is Cc1cc(Oc2ccnc(F)c2)ccc1Br. The van der Waals surface area contributed by atoms with Crippen LogP contribution in [0.5, 0.6) is 11.5 Å². The highest BCUT2D eigenvalue weighted by molar-refractivity contribution is 9.10. The first-order chi connectivity index (χ1) is 7.65. The Morgan fingerprint density at radius 2 is 1.94 bits per heavy atom. The Bertz CT molecular complexity index is 516. The zero-order valence-electron chi connectivity index (χ0n) is 8.58. The summed E-state index contributed by atoms with van der Waals surface area (Å²) in [5, 5.41) is 0. The van der Waals surface area contributed by atoms with Gasteiger partial charge in [0.1, 0.15) is 11.5 Å². The van der Waals surface area contributed by atoms with E-state index in [1.165, 1.54) is 12.3 Å². The molecule has 0 spiro atoms. The molecule has 2 nitrogen and oxygen atoms in total. The second kappa shape index (κ2) is 4.61. The van der Waals surface area contributed by atoms with Gasteiger partial charge < -0.3 is 4.74 Å². The van der Waals surface area contributed by atoms with Crippen LogP contribution in [0.15, 0.2) is 41.0 Å². The first kappa shape index (κ1) is 11.1. The van der Waals surface area contributed by atoms with Gasteiger partial charge in [0, 0.05) is 16.7 Å². The Morgan fingerprint density at radius 1 is 1.19 bits per heavy atom. The minimum atomic E-state index is -0.550. The average molecular weight is 282 g/mol. The number of halogens is 2. The van der Waals surface area contributed by atoms with Gasteiger partial charge in [-0.05, 0) is 36.8 Å². The number of aryl methyl sites for hydroxylation is 1. The molecule has 0 unspecified atom stereocenters. The lowest BCUT2D eigenvalue weighted by Gasteiger charge is -2.06. The second-order valence-corrected chi connectivity index (χ2v) is 4.18. The maximum atomic E-state index is 12.8. The maximum Gasteiger partial charge on any atom is 0.216 e. The Balaban J connectivity index is 2.24. The van der Waals surface area contributed by atoms with Crippen LogP contribution in [-0.4, -0.2) is 4.98 Å². The fourth-order valence-corrected chi connectivity index (χ4v) is 1.51. The molecule has 0 saturated carbocycles.